The molecule has 4 nitrogen and oxygen atoms in total. The Balaban J connectivity index is 1.86. The van der Waals surface area contributed by atoms with Gasteiger partial charge in [-0.2, -0.15) is 0 Å². The van der Waals surface area contributed by atoms with E-state index in [0.717, 1.165) is 41.2 Å². The third-order valence-electron chi connectivity index (χ3n) is 2.75. The Bertz CT molecular complexity index is 498. The van der Waals surface area contributed by atoms with Crippen LogP contribution in [-0.4, -0.2) is 24.7 Å². The minimum Gasteiger partial charge on any atom is -0.395 e. The van der Waals surface area contributed by atoms with Crippen molar-refractivity contribution in [2.24, 2.45) is 0 Å². The maximum atomic E-state index is 6.07. The molecule has 0 spiro atoms. The van der Waals surface area contributed by atoms with Gasteiger partial charge in [-0.25, -0.2) is 4.98 Å². The molecule has 0 saturated carbocycles. The van der Waals surface area contributed by atoms with Crippen molar-refractivity contribution in [2.45, 2.75) is 19.8 Å². The Labute approximate surface area is 111 Å². The van der Waals surface area contributed by atoms with Gasteiger partial charge in [-0.3, -0.25) is 0 Å². The molecule has 5 heteroatoms. The summed E-state index contributed by atoms with van der Waals surface area (Å²) in [5.41, 5.74) is 10.4. The number of hydrogen-bond acceptors (Lipinski definition) is 5. The topological polar surface area (TPSA) is 60.2 Å². The van der Waals surface area contributed by atoms with Gasteiger partial charge in [-0.1, -0.05) is 13.3 Å². The molecule has 0 aliphatic carbocycles. The highest BCUT2D eigenvalue weighted by Crippen LogP contribution is 2.29. The Morgan fingerprint density at radius 1 is 1.39 bits per heavy atom. The summed E-state index contributed by atoms with van der Waals surface area (Å²) in [6, 6.07) is 4.05. The summed E-state index contributed by atoms with van der Waals surface area (Å²) in [6.45, 7) is 4.46. The molecule has 2 rings (SSSR count). The van der Waals surface area contributed by atoms with E-state index < -0.39 is 0 Å². The van der Waals surface area contributed by atoms with Crippen molar-refractivity contribution in [3.8, 4) is 0 Å². The summed E-state index contributed by atoms with van der Waals surface area (Å²) in [5.74, 6) is 0. The number of unbranched alkanes of at least 4 members (excludes halogenated alkanes) is 1. The predicted octanol–water partition coefficient (Wildman–Crippen LogP) is 3.11. The van der Waals surface area contributed by atoms with Crippen LogP contribution in [0.1, 0.15) is 19.8 Å². The van der Waals surface area contributed by atoms with Crippen LogP contribution in [0.15, 0.2) is 17.6 Å². The predicted molar refractivity (Wildman–Crippen MR) is 78.2 cm³/mol. The molecule has 3 N–H and O–H groups in total. The number of nitrogens with zero attached hydrogens (tertiary/aromatic N) is 1. The van der Waals surface area contributed by atoms with Crippen molar-refractivity contribution in [1.82, 2.24) is 4.98 Å². The summed E-state index contributed by atoms with van der Waals surface area (Å²) < 4.78 is 6.61. The highest BCUT2D eigenvalue weighted by atomic mass is 32.1. The number of nitrogens with one attached hydrogen (secondary N) is 1. The van der Waals surface area contributed by atoms with Crippen LogP contribution in [0.5, 0.6) is 0 Å². The summed E-state index contributed by atoms with van der Waals surface area (Å²) >= 11 is 1.60. The van der Waals surface area contributed by atoms with Crippen LogP contribution in [0, 0.1) is 0 Å². The van der Waals surface area contributed by atoms with E-state index in [2.05, 4.69) is 17.2 Å². The molecule has 0 bridgehead atoms. The first-order chi connectivity index (χ1) is 8.83. The number of anilines is 2. The van der Waals surface area contributed by atoms with Crippen LogP contribution in [0.2, 0.25) is 0 Å². The van der Waals surface area contributed by atoms with Gasteiger partial charge in [-0.15, -0.1) is 11.3 Å². The molecular weight excluding hydrogens is 246 g/mol. The van der Waals surface area contributed by atoms with Gasteiger partial charge in [0.1, 0.15) is 5.52 Å². The molecule has 0 fully saturated rings. The molecule has 1 aromatic heterocycles. The van der Waals surface area contributed by atoms with E-state index in [4.69, 9.17) is 10.5 Å². The number of hydrogen-bond donors (Lipinski definition) is 2. The minimum absolute atomic E-state index is 0.703. The maximum Gasteiger partial charge on any atom is 0.106 e. The number of nitrogens with two attached hydrogens (primary N) is 1. The number of rotatable bonds is 7. The van der Waals surface area contributed by atoms with E-state index in [9.17, 15) is 0 Å². The fourth-order valence-corrected chi connectivity index (χ4v) is 2.41. The monoisotopic (exact) mass is 265 g/mol. The Morgan fingerprint density at radius 2 is 2.28 bits per heavy atom. The molecule has 1 heterocycles. The summed E-state index contributed by atoms with van der Waals surface area (Å²) in [7, 11) is 0. The second-order valence-electron chi connectivity index (χ2n) is 4.12. The van der Waals surface area contributed by atoms with Crippen LogP contribution in [0.4, 0.5) is 11.4 Å². The molecule has 2 aromatic rings. The fourth-order valence-electron chi connectivity index (χ4n) is 1.71. The standard InChI is InChI=1S/C13H19N3OS/c1-2-3-7-17-8-6-15-10-4-5-11-13(12(10)14)16-9-18-11/h4-5,9,15H,2-3,6-8,14H2,1H3. The average Bonchev–Trinajstić information content (AvgIpc) is 2.85. The van der Waals surface area contributed by atoms with Gasteiger partial charge < -0.3 is 15.8 Å². The number of ether oxygens (including phenoxy) is 1. The normalized spacial score (nSPS) is 10.9. The quantitative estimate of drug-likeness (QED) is 0.596. The largest absolute Gasteiger partial charge is 0.395 e. The maximum absolute atomic E-state index is 6.07. The number of fused-ring (bicyclic) bond motifs is 1. The highest BCUT2D eigenvalue weighted by Gasteiger charge is 2.05. The number of aromatic nitrogens is 1. The molecule has 1 aromatic carbocycles. The number of thiazole rings is 1. The van der Waals surface area contributed by atoms with Gasteiger partial charge in [0.05, 0.1) is 28.2 Å². The van der Waals surface area contributed by atoms with Crippen LogP contribution in [0.25, 0.3) is 10.2 Å². The van der Waals surface area contributed by atoms with Gasteiger partial charge in [-0.05, 0) is 18.6 Å². The van der Waals surface area contributed by atoms with E-state index in [-0.39, 0.29) is 0 Å². The fraction of sp³-hybridized carbons (Fsp3) is 0.462. The summed E-state index contributed by atoms with van der Waals surface area (Å²) in [4.78, 5) is 4.27. The third kappa shape index (κ3) is 3.11. The van der Waals surface area contributed by atoms with Gasteiger partial charge in [0.2, 0.25) is 0 Å². The zero-order chi connectivity index (χ0) is 12.8. The molecule has 0 amide bonds. The van der Waals surface area contributed by atoms with Crippen molar-refractivity contribution in [2.75, 3.05) is 30.8 Å². The number of benzene rings is 1. The molecule has 0 aliphatic heterocycles. The Kier molecular flexibility index (Phi) is 4.78. The van der Waals surface area contributed by atoms with Crippen molar-refractivity contribution >= 4 is 32.9 Å². The third-order valence-corrected chi connectivity index (χ3v) is 3.54. The summed E-state index contributed by atoms with van der Waals surface area (Å²) in [6.07, 6.45) is 2.29. The van der Waals surface area contributed by atoms with Crippen LogP contribution in [-0.2, 0) is 4.74 Å². The van der Waals surface area contributed by atoms with Crippen LogP contribution in [0.3, 0.4) is 0 Å². The van der Waals surface area contributed by atoms with E-state index >= 15 is 0 Å². The molecular formula is C13H19N3OS. The molecule has 18 heavy (non-hydrogen) atoms. The van der Waals surface area contributed by atoms with Gasteiger partial charge >= 0.3 is 0 Å². The smallest absolute Gasteiger partial charge is 0.106 e. The first kappa shape index (κ1) is 13.1. The van der Waals surface area contributed by atoms with Crippen molar-refractivity contribution < 1.29 is 4.74 Å². The van der Waals surface area contributed by atoms with Gasteiger partial charge in [0, 0.05) is 13.2 Å². The second-order valence-corrected chi connectivity index (χ2v) is 5.00. The Morgan fingerprint density at radius 3 is 3.11 bits per heavy atom. The molecule has 0 radical (unpaired) electrons. The molecule has 0 atom stereocenters. The van der Waals surface area contributed by atoms with E-state index in [1.165, 1.54) is 6.42 Å². The van der Waals surface area contributed by atoms with Crippen molar-refractivity contribution in [1.29, 1.82) is 0 Å². The van der Waals surface area contributed by atoms with Crippen LogP contribution >= 0.6 is 11.3 Å². The van der Waals surface area contributed by atoms with Crippen LogP contribution < -0.4 is 11.1 Å². The lowest BCUT2D eigenvalue weighted by Gasteiger charge is -2.09. The highest BCUT2D eigenvalue weighted by molar-refractivity contribution is 7.16. The lowest BCUT2D eigenvalue weighted by Crippen LogP contribution is -2.11. The minimum atomic E-state index is 0.703. The van der Waals surface area contributed by atoms with E-state index in [1.807, 2.05) is 17.6 Å². The zero-order valence-corrected chi connectivity index (χ0v) is 11.4. The van der Waals surface area contributed by atoms with Gasteiger partial charge in [0.25, 0.3) is 0 Å². The van der Waals surface area contributed by atoms with Crippen molar-refractivity contribution in [3.05, 3.63) is 17.6 Å². The Hall–Kier alpha value is -1.33. The number of nitrogen functional groups attached to an aromatic ring is 1. The lowest BCUT2D eigenvalue weighted by atomic mass is 10.2. The zero-order valence-electron chi connectivity index (χ0n) is 10.6. The van der Waals surface area contributed by atoms with Gasteiger partial charge in [0.15, 0.2) is 0 Å². The molecule has 0 saturated heterocycles. The first-order valence-electron chi connectivity index (χ1n) is 6.26. The molecule has 0 unspecified atom stereocenters. The molecule has 98 valence electrons. The first-order valence-corrected chi connectivity index (χ1v) is 7.14. The average molecular weight is 265 g/mol. The van der Waals surface area contributed by atoms with E-state index in [1.54, 1.807) is 11.3 Å². The molecule has 0 aliphatic rings. The summed E-state index contributed by atoms with van der Waals surface area (Å²) in [5, 5.41) is 3.29. The lowest BCUT2D eigenvalue weighted by molar-refractivity contribution is 0.141. The van der Waals surface area contributed by atoms with Crippen molar-refractivity contribution in [3.63, 3.8) is 0 Å². The second kappa shape index (κ2) is 6.56. The van der Waals surface area contributed by atoms with E-state index in [0.29, 0.717) is 6.61 Å². The SMILES string of the molecule is CCCCOCCNc1ccc2scnc2c1N.